The lowest BCUT2D eigenvalue weighted by Crippen LogP contribution is -2.47. The number of carbonyl (C=O) groups is 1. The number of nitrogens with zero attached hydrogens (tertiary/aromatic N) is 1. The Morgan fingerprint density at radius 2 is 1.83 bits per heavy atom. The normalized spacial score (nSPS) is 19.2. The number of Topliss-reactive ketones (excluding diaryl/α,β-unsaturated/α-hetero) is 1. The third-order valence-electron chi connectivity index (χ3n) is 8.07. The lowest BCUT2D eigenvalue weighted by atomic mass is 9.86. The highest BCUT2D eigenvalue weighted by molar-refractivity contribution is 7.84. The minimum atomic E-state index is -5.35. The first kappa shape index (κ1) is 34.6. The fourth-order valence-electron chi connectivity index (χ4n) is 5.39. The summed E-state index contributed by atoms with van der Waals surface area (Å²) in [4.78, 5) is 17.4. The summed E-state index contributed by atoms with van der Waals surface area (Å²) in [7, 11) is -1.70. The molecule has 7 nitrogen and oxygen atoms in total. The number of halogens is 6. The molecular formula is C33H32F6N2O5S. The highest BCUT2D eigenvalue weighted by Gasteiger charge is 2.57. The molecule has 0 amide bonds. The highest BCUT2D eigenvalue weighted by atomic mass is 32.2. The Labute approximate surface area is 269 Å². The van der Waals surface area contributed by atoms with Crippen LogP contribution in [0.1, 0.15) is 73.3 Å². The lowest BCUT2D eigenvalue weighted by molar-refractivity contribution is -0.270. The summed E-state index contributed by atoms with van der Waals surface area (Å²) in [5, 5.41) is 11.4. The number of benzene rings is 2. The number of hydrogen-bond acceptors (Lipinski definition) is 6. The molecule has 5 rings (SSSR count). The van der Waals surface area contributed by atoms with Crippen LogP contribution in [0.15, 0.2) is 48.5 Å². The topological polar surface area (TPSA) is 97.8 Å². The van der Waals surface area contributed by atoms with E-state index in [1.165, 1.54) is 18.2 Å². The molecule has 3 atom stereocenters. The van der Waals surface area contributed by atoms with Crippen LogP contribution in [0.3, 0.4) is 0 Å². The Bertz CT molecular complexity index is 1760. The Balaban J connectivity index is 1.57. The van der Waals surface area contributed by atoms with E-state index in [4.69, 9.17) is 4.74 Å². The predicted molar refractivity (Wildman–Crippen MR) is 163 cm³/mol. The number of aliphatic hydroxyl groups is 1. The van der Waals surface area contributed by atoms with Crippen LogP contribution in [0.25, 0.3) is 17.3 Å². The minimum Gasteiger partial charge on any atom is -0.489 e. The number of carbonyl (C=O) groups excluding carboxylic acids is 1. The second kappa shape index (κ2) is 12.4. The van der Waals surface area contributed by atoms with Gasteiger partial charge >= 0.3 is 12.8 Å². The summed E-state index contributed by atoms with van der Waals surface area (Å²) >= 11 is 0. The molecule has 2 N–H and O–H groups in total. The Morgan fingerprint density at radius 1 is 1.15 bits per heavy atom. The van der Waals surface area contributed by atoms with Gasteiger partial charge in [-0.15, -0.1) is 0 Å². The lowest BCUT2D eigenvalue weighted by Gasteiger charge is -2.32. The average molecular weight is 683 g/mol. The van der Waals surface area contributed by atoms with Crippen LogP contribution < -0.4 is 14.2 Å². The van der Waals surface area contributed by atoms with Gasteiger partial charge in [0.25, 0.3) is 0 Å². The van der Waals surface area contributed by atoms with Gasteiger partial charge < -0.3 is 14.6 Å². The molecule has 1 aromatic heterocycles. The highest BCUT2D eigenvalue weighted by Crippen LogP contribution is 2.49. The number of allylic oxidation sites excluding steroid dienone is 1. The molecule has 2 aromatic carbocycles. The summed E-state index contributed by atoms with van der Waals surface area (Å²) in [6.07, 6.45) is -3.85. The Kier molecular flexibility index (Phi) is 9.10. The molecule has 1 aliphatic carbocycles. The van der Waals surface area contributed by atoms with E-state index in [2.05, 4.69) is 14.4 Å². The van der Waals surface area contributed by atoms with E-state index >= 15 is 0 Å². The van der Waals surface area contributed by atoms with E-state index in [9.17, 15) is 40.5 Å². The number of ketones is 1. The average Bonchev–Trinajstić information content (AvgIpc) is 3.59. The first-order valence-electron chi connectivity index (χ1n) is 14.6. The van der Waals surface area contributed by atoms with Gasteiger partial charge in [0.2, 0.25) is 5.60 Å². The summed E-state index contributed by atoms with van der Waals surface area (Å²) in [6, 6.07) is 8.19. The number of ether oxygens (including phenoxy) is 2. The fraction of sp³-hybridized carbons (Fsp3) is 0.394. The van der Waals surface area contributed by atoms with E-state index in [0.717, 1.165) is 24.3 Å². The maximum Gasteiger partial charge on any atom is 0.422 e. The fourth-order valence-corrected chi connectivity index (χ4v) is 6.28. The standard InChI is InChI=1S/C33H32F6N2O5S/c1-30(2,3)47(44)41-31(4)17-45-28-23(31)16-26(40-27(28)18-8-10-21(34)11-9-18)32(43,33(37,38)39)13-12-24(42)20-14-19-6-5-7-22(19)25(15-20)46-29(35)36/h5-6,8-11,14-16,29,41,43H,7,12-13,17H2,1-4H3/t31-,32-,47?/m1/s1. The van der Waals surface area contributed by atoms with Crippen molar-refractivity contribution in [1.29, 1.82) is 0 Å². The van der Waals surface area contributed by atoms with Crippen LogP contribution in [0.5, 0.6) is 11.5 Å². The van der Waals surface area contributed by atoms with E-state index in [1.807, 2.05) is 0 Å². The van der Waals surface area contributed by atoms with Gasteiger partial charge in [-0.05, 0) is 88.6 Å². The van der Waals surface area contributed by atoms with Crippen LogP contribution in [0, 0.1) is 5.82 Å². The zero-order valence-electron chi connectivity index (χ0n) is 25.8. The van der Waals surface area contributed by atoms with E-state index in [0.29, 0.717) is 11.1 Å². The SMILES string of the molecule is CC(C)(C)S(=O)N[C@]1(C)COc2c1cc([C@](O)(CCC(=O)c1cc3c(c(OC(F)F)c1)CC=C3)C(F)(F)F)nc2-c1ccc(F)cc1. The number of alkyl halides is 5. The van der Waals surface area contributed by atoms with E-state index in [1.54, 1.807) is 39.8 Å². The molecule has 0 bridgehead atoms. The maximum atomic E-state index is 14.9. The van der Waals surface area contributed by atoms with Gasteiger partial charge in [-0.2, -0.15) is 22.0 Å². The van der Waals surface area contributed by atoms with Crippen LogP contribution in [-0.4, -0.2) is 44.2 Å². The van der Waals surface area contributed by atoms with Crippen LogP contribution >= 0.6 is 0 Å². The monoisotopic (exact) mass is 682 g/mol. The molecule has 1 unspecified atom stereocenters. The van der Waals surface area contributed by atoms with Crippen LogP contribution in [0.2, 0.25) is 0 Å². The molecule has 2 aliphatic rings. The maximum absolute atomic E-state index is 14.9. The van der Waals surface area contributed by atoms with Gasteiger partial charge in [0.05, 0.1) is 27.0 Å². The van der Waals surface area contributed by atoms with Crippen molar-refractivity contribution in [3.05, 3.63) is 82.3 Å². The third-order valence-corrected chi connectivity index (χ3v) is 9.82. The molecule has 1 aliphatic heterocycles. The summed E-state index contributed by atoms with van der Waals surface area (Å²) in [6.45, 7) is 3.36. The quantitative estimate of drug-likeness (QED) is 0.175. The number of rotatable bonds is 10. The number of pyridine rings is 1. The van der Waals surface area contributed by atoms with Crippen molar-refractivity contribution in [2.75, 3.05) is 6.61 Å². The van der Waals surface area contributed by atoms with Gasteiger partial charge in [0.15, 0.2) is 11.5 Å². The zero-order chi connectivity index (χ0) is 34.5. The van der Waals surface area contributed by atoms with Crippen molar-refractivity contribution in [2.24, 2.45) is 0 Å². The molecule has 14 heteroatoms. The van der Waals surface area contributed by atoms with Crippen molar-refractivity contribution < 1.29 is 49.9 Å². The number of aromatic nitrogens is 1. The Morgan fingerprint density at radius 3 is 2.45 bits per heavy atom. The van der Waals surface area contributed by atoms with E-state index < -0.39 is 69.8 Å². The second-order valence-corrected chi connectivity index (χ2v) is 14.6. The zero-order valence-corrected chi connectivity index (χ0v) is 26.6. The van der Waals surface area contributed by atoms with E-state index in [-0.39, 0.29) is 46.9 Å². The van der Waals surface area contributed by atoms with Crippen molar-refractivity contribution in [3.63, 3.8) is 0 Å². The first-order chi connectivity index (χ1) is 21.8. The van der Waals surface area contributed by atoms with Gasteiger partial charge in [-0.25, -0.2) is 18.3 Å². The van der Waals surface area contributed by atoms with Crippen LogP contribution in [0.4, 0.5) is 26.3 Å². The molecule has 47 heavy (non-hydrogen) atoms. The summed E-state index contributed by atoms with van der Waals surface area (Å²) in [5.74, 6) is -1.67. The van der Waals surface area contributed by atoms with Gasteiger partial charge in [0, 0.05) is 28.7 Å². The largest absolute Gasteiger partial charge is 0.489 e. The van der Waals surface area contributed by atoms with Gasteiger partial charge in [0.1, 0.15) is 23.9 Å². The Hall–Kier alpha value is -3.75. The summed E-state index contributed by atoms with van der Waals surface area (Å²) in [5.41, 5.74) is -5.01. The molecule has 2 heterocycles. The molecule has 0 fully saturated rings. The number of nitrogens with one attached hydrogen (secondary N) is 1. The molecule has 252 valence electrons. The first-order valence-corrected chi connectivity index (χ1v) is 15.7. The smallest absolute Gasteiger partial charge is 0.422 e. The van der Waals surface area contributed by atoms with Gasteiger partial charge in [-0.3, -0.25) is 4.79 Å². The number of fused-ring (bicyclic) bond motifs is 2. The molecule has 0 saturated heterocycles. The molecule has 0 saturated carbocycles. The molecule has 3 aromatic rings. The predicted octanol–water partition coefficient (Wildman–Crippen LogP) is 7.13. The second-order valence-electron chi connectivity index (χ2n) is 12.7. The molecular weight excluding hydrogens is 650 g/mol. The van der Waals surface area contributed by atoms with Crippen LogP contribution in [-0.2, 0) is 28.5 Å². The van der Waals surface area contributed by atoms with Crippen molar-refractivity contribution in [3.8, 4) is 22.8 Å². The van der Waals surface area contributed by atoms with Crippen molar-refractivity contribution >= 4 is 22.8 Å². The minimum absolute atomic E-state index is 0.0552. The van der Waals surface area contributed by atoms with Gasteiger partial charge in [-0.1, -0.05) is 12.2 Å². The summed E-state index contributed by atoms with van der Waals surface area (Å²) < 4.78 is 110. The third kappa shape index (κ3) is 6.81. The number of hydrogen-bond donors (Lipinski definition) is 2. The molecule has 0 radical (unpaired) electrons. The van der Waals surface area contributed by atoms with Crippen molar-refractivity contribution in [2.45, 2.75) is 75.6 Å². The van der Waals surface area contributed by atoms with Crippen molar-refractivity contribution in [1.82, 2.24) is 9.71 Å². The molecule has 0 spiro atoms.